The first-order valence-corrected chi connectivity index (χ1v) is 13.8. The highest BCUT2D eigenvalue weighted by molar-refractivity contribution is 5.90. The average molecular weight is 565 g/mol. The Morgan fingerprint density at radius 1 is 1.20 bits per heavy atom. The maximum atomic E-state index is 13.5. The van der Waals surface area contributed by atoms with E-state index < -0.39 is 29.6 Å². The van der Waals surface area contributed by atoms with Crippen molar-refractivity contribution in [3.05, 3.63) is 42.0 Å². The number of carbonyl (C=O) groups excluding carboxylic acids is 3. The van der Waals surface area contributed by atoms with Gasteiger partial charge in [-0.15, -0.1) is 0 Å². The van der Waals surface area contributed by atoms with Crippen molar-refractivity contribution < 1.29 is 23.9 Å². The Bertz CT molecular complexity index is 1430. The summed E-state index contributed by atoms with van der Waals surface area (Å²) in [5.74, 6) is 0.415. The first-order chi connectivity index (χ1) is 19.6. The summed E-state index contributed by atoms with van der Waals surface area (Å²) in [5.41, 5.74) is 8.07. The lowest BCUT2D eigenvalue weighted by Crippen LogP contribution is -2.52. The van der Waals surface area contributed by atoms with E-state index in [4.69, 9.17) is 15.2 Å². The van der Waals surface area contributed by atoms with Crippen LogP contribution in [0.15, 0.2) is 30.9 Å². The van der Waals surface area contributed by atoms with Crippen LogP contribution in [0.3, 0.4) is 0 Å². The van der Waals surface area contributed by atoms with Gasteiger partial charge in [0, 0.05) is 25.2 Å². The van der Waals surface area contributed by atoms with Crippen LogP contribution < -0.4 is 20.7 Å². The topological polar surface area (TPSA) is 169 Å². The smallest absolute Gasteiger partial charge is 0.408 e. The molecule has 1 saturated heterocycles. The monoisotopic (exact) mass is 564 g/mol. The summed E-state index contributed by atoms with van der Waals surface area (Å²) in [6, 6.07) is 4.87. The van der Waals surface area contributed by atoms with Crippen molar-refractivity contribution in [1.82, 2.24) is 30.2 Å². The molecule has 1 aromatic carbocycles. The molecule has 2 atom stereocenters. The fraction of sp³-hybridized carbons (Fsp3) is 0.500. The summed E-state index contributed by atoms with van der Waals surface area (Å²) in [5, 5.41) is 2.53. The number of carbonyl (C=O) groups is 3. The molecule has 13 heteroatoms. The highest BCUT2D eigenvalue weighted by Gasteiger charge is 2.33. The zero-order valence-corrected chi connectivity index (χ0v) is 23.6. The van der Waals surface area contributed by atoms with Crippen LogP contribution in [0.25, 0.3) is 11.2 Å². The number of nitrogens with two attached hydrogens (primary N) is 1. The van der Waals surface area contributed by atoms with E-state index in [1.807, 2.05) is 18.2 Å². The van der Waals surface area contributed by atoms with Gasteiger partial charge in [-0.3, -0.25) is 9.59 Å². The van der Waals surface area contributed by atoms with Crippen molar-refractivity contribution in [2.24, 2.45) is 5.73 Å². The molecule has 41 heavy (non-hydrogen) atoms. The lowest BCUT2D eigenvalue weighted by atomic mass is 9.98. The molecule has 0 spiro atoms. The molecule has 4 N–H and O–H groups in total. The third kappa shape index (κ3) is 6.50. The van der Waals surface area contributed by atoms with Crippen molar-refractivity contribution in [2.75, 3.05) is 24.6 Å². The SMILES string of the molecule is CC(C)(C)OC(=O)NC(CC(N)=O)C(=O)N1CCc2cccc(OCC3CCCN3c3ncnc4nc[nH]c34)c2C1. The van der Waals surface area contributed by atoms with Crippen LogP contribution >= 0.6 is 0 Å². The van der Waals surface area contributed by atoms with Gasteiger partial charge in [-0.05, 0) is 51.7 Å². The Balaban J connectivity index is 1.28. The molecule has 2 aliphatic rings. The summed E-state index contributed by atoms with van der Waals surface area (Å²) >= 11 is 0. The number of nitrogens with zero attached hydrogens (tertiary/aromatic N) is 5. The lowest BCUT2D eigenvalue weighted by molar-refractivity contribution is -0.136. The first kappa shape index (κ1) is 28.1. The van der Waals surface area contributed by atoms with Gasteiger partial charge in [-0.1, -0.05) is 12.1 Å². The largest absolute Gasteiger partial charge is 0.491 e. The second-order valence-corrected chi connectivity index (χ2v) is 11.4. The maximum Gasteiger partial charge on any atom is 0.408 e. The lowest BCUT2D eigenvalue weighted by Gasteiger charge is -2.33. The average Bonchev–Trinajstić information content (AvgIpc) is 3.59. The van der Waals surface area contributed by atoms with Crippen LogP contribution in [0.5, 0.6) is 5.75 Å². The van der Waals surface area contributed by atoms with Gasteiger partial charge in [0.15, 0.2) is 11.5 Å². The van der Waals surface area contributed by atoms with Gasteiger partial charge >= 0.3 is 6.09 Å². The maximum absolute atomic E-state index is 13.5. The first-order valence-electron chi connectivity index (χ1n) is 13.8. The molecule has 1 fully saturated rings. The number of hydrogen-bond acceptors (Lipinski definition) is 9. The molecule has 3 amide bonds. The zero-order chi connectivity index (χ0) is 29.1. The Labute approximate surface area is 237 Å². The number of primary amides is 1. The van der Waals surface area contributed by atoms with Crippen molar-refractivity contribution in [3.8, 4) is 5.75 Å². The number of fused-ring (bicyclic) bond motifs is 2. The summed E-state index contributed by atoms with van der Waals surface area (Å²) in [4.78, 5) is 57.6. The van der Waals surface area contributed by atoms with Crippen molar-refractivity contribution in [2.45, 2.75) is 70.7 Å². The number of hydrogen-bond donors (Lipinski definition) is 3. The molecule has 0 aliphatic carbocycles. The fourth-order valence-electron chi connectivity index (χ4n) is 5.39. The van der Waals surface area contributed by atoms with Crippen LogP contribution in [-0.4, -0.2) is 80.1 Å². The number of aromatic amines is 1. The van der Waals surface area contributed by atoms with E-state index >= 15 is 0 Å². The molecule has 0 saturated carbocycles. The van der Waals surface area contributed by atoms with Crippen LogP contribution in [0.1, 0.15) is 51.2 Å². The summed E-state index contributed by atoms with van der Waals surface area (Å²) in [6.45, 7) is 7.16. The van der Waals surface area contributed by atoms with Crippen LogP contribution in [-0.2, 0) is 27.3 Å². The molecular formula is C28H36N8O5. The number of ether oxygens (including phenoxy) is 2. The third-order valence-electron chi connectivity index (χ3n) is 7.22. The molecule has 4 heterocycles. The summed E-state index contributed by atoms with van der Waals surface area (Å²) < 4.78 is 11.7. The summed E-state index contributed by atoms with van der Waals surface area (Å²) in [6.07, 6.45) is 4.60. The Kier molecular flexibility index (Phi) is 7.95. The second-order valence-electron chi connectivity index (χ2n) is 11.4. The Hall–Kier alpha value is -4.42. The van der Waals surface area contributed by atoms with Crippen LogP contribution in [0, 0.1) is 0 Å². The number of H-pyrrole nitrogens is 1. The predicted octanol–water partition coefficient (Wildman–Crippen LogP) is 2.05. The molecule has 3 aromatic rings. The number of anilines is 1. The van der Waals surface area contributed by atoms with E-state index in [0.29, 0.717) is 31.0 Å². The quantitative estimate of drug-likeness (QED) is 0.371. The summed E-state index contributed by atoms with van der Waals surface area (Å²) in [7, 11) is 0. The normalized spacial score (nSPS) is 17.7. The predicted molar refractivity (Wildman–Crippen MR) is 150 cm³/mol. The van der Waals surface area contributed by atoms with E-state index in [1.165, 1.54) is 6.33 Å². The van der Waals surface area contributed by atoms with Gasteiger partial charge in [-0.2, -0.15) is 0 Å². The molecule has 2 aromatic heterocycles. The molecular weight excluding hydrogens is 528 g/mol. The van der Waals surface area contributed by atoms with E-state index in [9.17, 15) is 14.4 Å². The minimum atomic E-state index is -1.13. The molecule has 218 valence electrons. The van der Waals surface area contributed by atoms with Gasteiger partial charge in [0.1, 0.15) is 35.8 Å². The highest BCUT2D eigenvalue weighted by Crippen LogP contribution is 2.32. The third-order valence-corrected chi connectivity index (χ3v) is 7.22. The standard InChI is InChI=1S/C28H36N8O5/c1-28(2,3)41-27(39)34-20(12-22(29)37)26(38)35-11-9-17-6-4-8-21(19(17)13-35)40-14-18-7-5-10-36(18)25-23-24(31-15-30-23)32-16-33-25/h4,6,8,15-16,18,20H,5,7,9-14H2,1-3H3,(H2,29,37)(H,34,39)(H,30,31,32,33). The molecule has 0 bridgehead atoms. The van der Waals surface area contributed by atoms with Crippen molar-refractivity contribution >= 4 is 34.9 Å². The number of aromatic nitrogens is 4. The number of imidazole rings is 1. The van der Waals surface area contributed by atoms with E-state index in [2.05, 4.69) is 30.2 Å². The fourth-order valence-corrected chi connectivity index (χ4v) is 5.39. The van der Waals surface area contributed by atoms with Gasteiger partial charge in [-0.25, -0.2) is 19.7 Å². The zero-order valence-electron chi connectivity index (χ0n) is 23.6. The van der Waals surface area contributed by atoms with Crippen LogP contribution in [0.4, 0.5) is 10.6 Å². The molecule has 0 radical (unpaired) electrons. The minimum absolute atomic E-state index is 0.103. The highest BCUT2D eigenvalue weighted by atomic mass is 16.6. The van der Waals surface area contributed by atoms with Gasteiger partial charge in [0.05, 0.1) is 18.8 Å². The number of nitrogens with one attached hydrogen (secondary N) is 2. The molecule has 13 nitrogen and oxygen atoms in total. The number of amides is 3. The van der Waals surface area contributed by atoms with Gasteiger partial charge in [0.25, 0.3) is 0 Å². The number of rotatable bonds is 8. The molecule has 2 aliphatic heterocycles. The van der Waals surface area contributed by atoms with Gasteiger partial charge in [0.2, 0.25) is 11.8 Å². The van der Waals surface area contributed by atoms with Crippen molar-refractivity contribution in [1.29, 1.82) is 0 Å². The van der Waals surface area contributed by atoms with E-state index in [-0.39, 0.29) is 19.0 Å². The Morgan fingerprint density at radius 2 is 2.02 bits per heavy atom. The van der Waals surface area contributed by atoms with Gasteiger partial charge < -0.3 is 35.3 Å². The number of alkyl carbamates (subject to hydrolysis) is 1. The molecule has 5 rings (SSSR count). The van der Waals surface area contributed by atoms with Crippen LogP contribution in [0.2, 0.25) is 0 Å². The minimum Gasteiger partial charge on any atom is -0.491 e. The second kappa shape index (κ2) is 11.6. The Morgan fingerprint density at radius 3 is 2.80 bits per heavy atom. The van der Waals surface area contributed by atoms with E-state index in [1.54, 1.807) is 32.0 Å². The van der Waals surface area contributed by atoms with Crippen molar-refractivity contribution in [3.63, 3.8) is 0 Å². The number of benzene rings is 1. The molecule has 2 unspecified atom stereocenters. The van der Waals surface area contributed by atoms with E-state index in [0.717, 1.165) is 41.8 Å².